The molecule has 1 atom stereocenters. The maximum Gasteiger partial charge on any atom is 0.387 e. The molecule has 10 heteroatoms. The van der Waals surface area contributed by atoms with Gasteiger partial charge in [-0.1, -0.05) is 6.92 Å². The molecule has 0 aliphatic carbocycles. The minimum atomic E-state index is -2.93. The molecule has 8 nitrogen and oxygen atoms in total. The number of hydrogen-bond acceptors (Lipinski definition) is 6. The topological polar surface area (TPSA) is 70.6 Å². The molecule has 2 aliphatic heterocycles. The van der Waals surface area contributed by atoms with Crippen LogP contribution in [0.3, 0.4) is 0 Å². The number of halogens is 2. The van der Waals surface area contributed by atoms with E-state index >= 15 is 0 Å². The lowest BCUT2D eigenvalue weighted by atomic mass is 10.1. The van der Waals surface area contributed by atoms with Crippen LogP contribution >= 0.6 is 0 Å². The third-order valence-electron chi connectivity index (χ3n) is 5.57. The van der Waals surface area contributed by atoms with Gasteiger partial charge in [-0.25, -0.2) is 4.99 Å². The van der Waals surface area contributed by atoms with Crippen LogP contribution in [0, 0.1) is 0 Å². The molecule has 174 valence electrons. The first kappa shape index (κ1) is 23.3. The zero-order chi connectivity index (χ0) is 22.2. The van der Waals surface area contributed by atoms with Gasteiger partial charge in [0, 0.05) is 56.9 Å². The minimum absolute atomic E-state index is 0.0426. The van der Waals surface area contributed by atoms with Gasteiger partial charge >= 0.3 is 6.61 Å². The van der Waals surface area contributed by atoms with Crippen molar-refractivity contribution in [3.05, 3.63) is 17.7 Å². The molecule has 0 spiro atoms. The molecule has 0 aromatic heterocycles. The highest BCUT2D eigenvalue weighted by Crippen LogP contribution is 2.39. The standard InChI is InChI=1S/C21H33F2N5O3/c1-4-24-21(25-12-15(3)28-8-6-27(5-2)7-9-28)26-13-16-10-18-19(30-14-29-18)11-17(16)31-20(22)23/h10-11,15,20H,4-9,12-14H2,1-3H3,(H2,24,25,26). The summed E-state index contributed by atoms with van der Waals surface area (Å²) in [5.74, 6) is 1.57. The van der Waals surface area contributed by atoms with E-state index in [2.05, 4.69) is 44.0 Å². The number of nitrogens with one attached hydrogen (secondary N) is 2. The van der Waals surface area contributed by atoms with Gasteiger partial charge in [0.15, 0.2) is 17.5 Å². The average Bonchev–Trinajstić information content (AvgIpc) is 3.22. The molecular weight excluding hydrogens is 408 g/mol. The maximum absolute atomic E-state index is 12.8. The number of alkyl halides is 2. The van der Waals surface area contributed by atoms with Crippen molar-refractivity contribution in [3.8, 4) is 17.2 Å². The molecule has 31 heavy (non-hydrogen) atoms. The first-order chi connectivity index (χ1) is 15.0. The highest BCUT2D eigenvalue weighted by atomic mass is 19.3. The van der Waals surface area contributed by atoms with E-state index in [4.69, 9.17) is 9.47 Å². The normalized spacial score (nSPS) is 18.3. The fourth-order valence-corrected chi connectivity index (χ4v) is 3.69. The Bertz CT molecular complexity index is 742. The van der Waals surface area contributed by atoms with Crippen LogP contribution in [0.15, 0.2) is 17.1 Å². The zero-order valence-corrected chi connectivity index (χ0v) is 18.5. The van der Waals surface area contributed by atoms with Crippen LogP contribution in [-0.2, 0) is 6.54 Å². The summed E-state index contributed by atoms with van der Waals surface area (Å²) in [7, 11) is 0. The van der Waals surface area contributed by atoms with E-state index in [0.29, 0.717) is 35.6 Å². The van der Waals surface area contributed by atoms with E-state index in [0.717, 1.165) is 39.3 Å². The van der Waals surface area contributed by atoms with Crippen LogP contribution < -0.4 is 24.8 Å². The van der Waals surface area contributed by atoms with Crippen molar-refractivity contribution >= 4 is 5.96 Å². The highest BCUT2D eigenvalue weighted by Gasteiger charge is 2.21. The number of likely N-dealkylation sites (N-methyl/N-ethyl adjacent to an activating group) is 1. The number of piperazine rings is 1. The van der Waals surface area contributed by atoms with E-state index in [1.165, 1.54) is 6.07 Å². The summed E-state index contributed by atoms with van der Waals surface area (Å²) in [6.45, 7) is 10.5. The Morgan fingerprint density at radius 1 is 1.13 bits per heavy atom. The summed E-state index contributed by atoms with van der Waals surface area (Å²) in [5, 5.41) is 6.57. The van der Waals surface area contributed by atoms with Crippen LogP contribution in [0.5, 0.6) is 17.2 Å². The van der Waals surface area contributed by atoms with Gasteiger partial charge in [0.25, 0.3) is 0 Å². The number of nitrogens with zero attached hydrogens (tertiary/aromatic N) is 3. The number of fused-ring (bicyclic) bond motifs is 1. The fourth-order valence-electron chi connectivity index (χ4n) is 3.69. The van der Waals surface area contributed by atoms with Gasteiger partial charge < -0.3 is 29.7 Å². The summed E-state index contributed by atoms with van der Waals surface area (Å²) in [6, 6.07) is 3.42. The van der Waals surface area contributed by atoms with Crippen molar-refractivity contribution in [1.29, 1.82) is 0 Å². The molecule has 1 aromatic rings. The van der Waals surface area contributed by atoms with Gasteiger partial charge in [0.1, 0.15) is 5.75 Å². The molecule has 0 saturated carbocycles. The van der Waals surface area contributed by atoms with E-state index in [9.17, 15) is 8.78 Å². The molecule has 1 unspecified atom stereocenters. The number of benzene rings is 1. The van der Waals surface area contributed by atoms with Gasteiger partial charge in [0.2, 0.25) is 6.79 Å². The predicted molar refractivity (Wildman–Crippen MR) is 115 cm³/mol. The SMILES string of the molecule is CCNC(=NCc1cc2c(cc1OC(F)F)OCO2)NCC(C)N1CCN(CC)CC1. The van der Waals surface area contributed by atoms with E-state index in [1.807, 2.05) is 6.92 Å². The van der Waals surface area contributed by atoms with Gasteiger partial charge in [-0.15, -0.1) is 0 Å². The molecule has 1 fully saturated rings. The summed E-state index contributed by atoms with van der Waals surface area (Å²) in [6.07, 6.45) is 0. The Hall–Kier alpha value is -2.33. The fraction of sp³-hybridized carbons (Fsp3) is 0.667. The minimum Gasteiger partial charge on any atom is -0.454 e. The first-order valence-corrected chi connectivity index (χ1v) is 10.9. The summed E-state index contributed by atoms with van der Waals surface area (Å²) in [4.78, 5) is 9.48. The second-order valence-electron chi connectivity index (χ2n) is 7.59. The van der Waals surface area contributed by atoms with Crippen LogP contribution in [0.4, 0.5) is 8.78 Å². The number of ether oxygens (including phenoxy) is 3. The largest absolute Gasteiger partial charge is 0.454 e. The summed E-state index contributed by atoms with van der Waals surface area (Å²) >= 11 is 0. The van der Waals surface area contributed by atoms with Crippen molar-refractivity contribution < 1.29 is 23.0 Å². The summed E-state index contributed by atoms with van der Waals surface area (Å²) in [5.41, 5.74) is 0.505. The number of hydrogen-bond donors (Lipinski definition) is 2. The Labute approximate surface area is 182 Å². The van der Waals surface area contributed by atoms with Gasteiger partial charge in [-0.3, -0.25) is 4.90 Å². The lowest BCUT2D eigenvalue weighted by molar-refractivity contribution is -0.0505. The van der Waals surface area contributed by atoms with Gasteiger partial charge in [-0.05, 0) is 26.5 Å². The Kier molecular flexibility index (Phi) is 8.53. The first-order valence-electron chi connectivity index (χ1n) is 10.9. The smallest absolute Gasteiger partial charge is 0.387 e. The Morgan fingerprint density at radius 2 is 1.84 bits per heavy atom. The number of aliphatic imine (C=N–C) groups is 1. The Morgan fingerprint density at radius 3 is 2.48 bits per heavy atom. The zero-order valence-electron chi connectivity index (χ0n) is 18.5. The molecule has 1 saturated heterocycles. The van der Waals surface area contributed by atoms with E-state index in [-0.39, 0.29) is 19.1 Å². The maximum atomic E-state index is 12.8. The quantitative estimate of drug-likeness (QED) is 0.449. The molecular formula is C21H33F2N5O3. The predicted octanol–water partition coefficient (Wildman–Crippen LogP) is 2.10. The average molecular weight is 442 g/mol. The van der Waals surface area contributed by atoms with E-state index in [1.54, 1.807) is 6.07 Å². The van der Waals surface area contributed by atoms with Crippen LogP contribution in [0.2, 0.25) is 0 Å². The van der Waals surface area contributed by atoms with Crippen molar-refractivity contribution in [2.24, 2.45) is 4.99 Å². The molecule has 0 radical (unpaired) electrons. The van der Waals surface area contributed by atoms with Gasteiger partial charge in [-0.2, -0.15) is 8.78 Å². The second-order valence-corrected chi connectivity index (χ2v) is 7.59. The highest BCUT2D eigenvalue weighted by molar-refractivity contribution is 5.79. The van der Waals surface area contributed by atoms with Gasteiger partial charge in [0.05, 0.1) is 6.54 Å². The van der Waals surface area contributed by atoms with Crippen molar-refractivity contribution in [2.45, 2.75) is 40.0 Å². The number of rotatable bonds is 9. The molecule has 1 aromatic carbocycles. The third-order valence-corrected chi connectivity index (χ3v) is 5.57. The monoisotopic (exact) mass is 441 g/mol. The van der Waals surface area contributed by atoms with E-state index < -0.39 is 6.61 Å². The lowest BCUT2D eigenvalue weighted by Crippen LogP contribution is -2.53. The second kappa shape index (κ2) is 11.3. The molecule has 2 heterocycles. The molecule has 2 N–H and O–H groups in total. The van der Waals surface area contributed by atoms with Crippen molar-refractivity contribution in [2.75, 3.05) is 52.6 Å². The van der Waals surface area contributed by atoms with Crippen molar-refractivity contribution in [1.82, 2.24) is 20.4 Å². The van der Waals surface area contributed by atoms with Crippen molar-refractivity contribution in [3.63, 3.8) is 0 Å². The summed E-state index contributed by atoms with van der Waals surface area (Å²) < 4.78 is 41.0. The molecule has 0 bridgehead atoms. The van der Waals surface area contributed by atoms with Crippen LogP contribution in [-0.4, -0.2) is 81.0 Å². The third kappa shape index (κ3) is 6.57. The molecule has 0 amide bonds. The Balaban J connectivity index is 1.62. The molecule has 2 aliphatic rings. The molecule has 3 rings (SSSR count). The van der Waals surface area contributed by atoms with Crippen LogP contribution in [0.1, 0.15) is 26.3 Å². The number of guanidine groups is 1. The van der Waals surface area contributed by atoms with Crippen LogP contribution in [0.25, 0.3) is 0 Å². The lowest BCUT2D eigenvalue weighted by Gasteiger charge is -2.37.